The van der Waals surface area contributed by atoms with Crippen LogP contribution in [-0.4, -0.2) is 42.4 Å². The van der Waals surface area contributed by atoms with Gasteiger partial charge in [-0.2, -0.15) is 0 Å². The van der Waals surface area contributed by atoms with Crippen molar-refractivity contribution >= 4 is 6.09 Å². The number of hydrogen-bond acceptors (Lipinski definition) is 3. The summed E-state index contributed by atoms with van der Waals surface area (Å²) in [6.45, 7) is 1.91. The topological polar surface area (TPSA) is 49.8 Å². The molecule has 0 spiro atoms. The van der Waals surface area contributed by atoms with Gasteiger partial charge in [-0.05, 0) is 30.8 Å². The Morgan fingerprint density at radius 2 is 2.16 bits per heavy atom. The maximum atomic E-state index is 11.9. The van der Waals surface area contributed by atoms with Crippen LogP contribution in [0.25, 0.3) is 0 Å². The summed E-state index contributed by atoms with van der Waals surface area (Å²) in [6, 6.07) is 0. The quantitative estimate of drug-likeness (QED) is 0.849. The van der Waals surface area contributed by atoms with E-state index in [2.05, 4.69) is 12.2 Å². The Morgan fingerprint density at radius 1 is 1.37 bits per heavy atom. The molecule has 1 aliphatic carbocycles. The van der Waals surface area contributed by atoms with Crippen molar-refractivity contribution < 1.29 is 14.6 Å². The second-order valence-electron chi connectivity index (χ2n) is 4.97. The van der Waals surface area contributed by atoms with Crippen LogP contribution >= 0.6 is 0 Å². The third-order valence-corrected chi connectivity index (χ3v) is 3.57. The largest absolute Gasteiger partial charge is 0.445 e. The molecule has 0 bridgehead atoms. The Bertz CT molecular complexity index is 390. The number of nitrogens with zero attached hydrogens (tertiary/aromatic N) is 1. The lowest BCUT2D eigenvalue weighted by Gasteiger charge is -2.30. The van der Waals surface area contributed by atoms with E-state index in [1.165, 1.54) is 0 Å². The average molecular weight is 263 g/mol. The number of hydrogen-bond donors (Lipinski definition) is 1. The molecule has 19 heavy (non-hydrogen) atoms. The predicted molar refractivity (Wildman–Crippen MR) is 73.7 cm³/mol. The molecule has 4 heteroatoms. The zero-order valence-electron chi connectivity index (χ0n) is 11.1. The van der Waals surface area contributed by atoms with Gasteiger partial charge in [0.15, 0.2) is 0 Å². The molecule has 1 fully saturated rings. The zero-order valence-corrected chi connectivity index (χ0v) is 11.1. The number of piperidine rings is 1. The summed E-state index contributed by atoms with van der Waals surface area (Å²) in [5.74, 6) is 0.336. The molecule has 0 aromatic heterocycles. The summed E-state index contributed by atoms with van der Waals surface area (Å²) in [5, 5.41) is 9.06. The fourth-order valence-electron chi connectivity index (χ4n) is 2.27. The molecule has 1 aliphatic heterocycles. The molecule has 0 atom stereocenters. The third kappa shape index (κ3) is 4.24. The van der Waals surface area contributed by atoms with Crippen molar-refractivity contribution in [3.8, 4) is 0 Å². The van der Waals surface area contributed by atoms with Crippen molar-refractivity contribution in [1.82, 2.24) is 4.90 Å². The molecule has 2 rings (SSSR count). The minimum Gasteiger partial charge on any atom is -0.445 e. The van der Waals surface area contributed by atoms with Crippen LogP contribution < -0.4 is 0 Å². The molecule has 1 N–H and O–H groups in total. The van der Waals surface area contributed by atoms with E-state index in [-0.39, 0.29) is 12.7 Å². The van der Waals surface area contributed by atoms with Crippen LogP contribution in [0.15, 0.2) is 36.0 Å². The van der Waals surface area contributed by atoms with Gasteiger partial charge in [-0.3, -0.25) is 0 Å². The van der Waals surface area contributed by atoms with Crippen LogP contribution in [0.4, 0.5) is 4.79 Å². The minimum absolute atomic E-state index is 0.216. The molecule has 2 aliphatic rings. The summed E-state index contributed by atoms with van der Waals surface area (Å²) in [6.07, 6.45) is 12.4. The molecular formula is C15H21NO3. The second kappa shape index (κ2) is 7.14. The molecule has 1 saturated heterocycles. The molecule has 0 saturated carbocycles. The van der Waals surface area contributed by atoms with Crippen molar-refractivity contribution in [2.45, 2.75) is 19.3 Å². The first-order valence-corrected chi connectivity index (χ1v) is 6.84. The predicted octanol–water partition coefficient (Wildman–Crippen LogP) is 2.27. The first-order valence-electron chi connectivity index (χ1n) is 6.84. The van der Waals surface area contributed by atoms with Crippen LogP contribution in [0.3, 0.4) is 0 Å². The van der Waals surface area contributed by atoms with Crippen LogP contribution in [0, 0.1) is 5.92 Å². The lowest BCUT2D eigenvalue weighted by atomic mass is 9.98. The first-order chi connectivity index (χ1) is 9.29. The number of amides is 1. The number of likely N-dealkylation sites (tertiary alicyclic amines) is 1. The van der Waals surface area contributed by atoms with Crippen LogP contribution in [0.5, 0.6) is 0 Å². The van der Waals surface area contributed by atoms with E-state index in [9.17, 15) is 4.79 Å². The van der Waals surface area contributed by atoms with Crippen molar-refractivity contribution in [3.63, 3.8) is 0 Å². The highest BCUT2D eigenvalue weighted by Crippen LogP contribution is 2.17. The van der Waals surface area contributed by atoms with Crippen LogP contribution in [0.2, 0.25) is 0 Å². The Labute approximate surface area is 114 Å². The van der Waals surface area contributed by atoms with Gasteiger partial charge in [-0.15, -0.1) is 0 Å². The molecular weight excluding hydrogens is 242 g/mol. The molecule has 1 amide bonds. The van der Waals surface area contributed by atoms with Gasteiger partial charge in [-0.25, -0.2) is 4.79 Å². The summed E-state index contributed by atoms with van der Waals surface area (Å²) >= 11 is 0. The van der Waals surface area contributed by atoms with E-state index in [0.717, 1.165) is 24.8 Å². The van der Waals surface area contributed by atoms with Crippen LogP contribution in [0.1, 0.15) is 19.3 Å². The van der Waals surface area contributed by atoms with E-state index < -0.39 is 0 Å². The lowest BCUT2D eigenvalue weighted by molar-refractivity contribution is 0.0846. The fourth-order valence-corrected chi connectivity index (χ4v) is 2.27. The van der Waals surface area contributed by atoms with Crippen molar-refractivity contribution in [2.24, 2.45) is 5.92 Å². The number of aliphatic hydroxyl groups is 1. The third-order valence-electron chi connectivity index (χ3n) is 3.57. The number of carbonyl (C=O) groups is 1. The summed E-state index contributed by atoms with van der Waals surface area (Å²) in [4.78, 5) is 13.6. The van der Waals surface area contributed by atoms with Gasteiger partial charge in [0, 0.05) is 19.7 Å². The van der Waals surface area contributed by atoms with Crippen LogP contribution in [-0.2, 0) is 4.74 Å². The normalized spacial score (nSPS) is 20.1. The van der Waals surface area contributed by atoms with Crippen molar-refractivity contribution in [2.75, 3.05) is 26.3 Å². The molecule has 4 nitrogen and oxygen atoms in total. The molecule has 0 radical (unpaired) electrons. The van der Waals surface area contributed by atoms with E-state index in [0.29, 0.717) is 25.6 Å². The van der Waals surface area contributed by atoms with Gasteiger partial charge < -0.3 is 14.7 Å². The summed E-state index contributed by atoms with van der Waals surface area (Å²) in [7, 11) is 0. The molecule has 1 heterocycles. The molecule has 104 valence electrons. The Balaban J connectivity index is 1.74. The van der Waals surface area contributed by atoms with E-state index in [1.54, 1.807) is 4.90 Å². The van der Waals surface area contributed by atoms with Crippen molar-refractivity contribution in [1.29, 1.82) is 0 Å². The minimum atomic E-state index is -0.247. The van der Waals surface area contributed by atoms with Gasteiger partial charge in [0.2, 0.25) is 0 Å². The summed E-state index contributed by atoms with van der Waals surface area (Å²) < 4.78 is 5.32. The van der Waals surface area contributed by atoms with E-state index in [1.807, 2.05) is 18.2 Å². The van der Waals surface area contributed by atoms with Gasteiger partial charge in [-0.1, -0.05) is 30.4 Å². The van der Waals surface area contributed by atoms with E-state index >= 15 is 0 Å². The molecule has 0 unspecified atom stereocenters. The first kappa shape index (κ1) is 13.9. The number of carbonyl (C=O) groups excluding carboxylic acids is 1. The smallest absolute Gasteiger partial charge is 0.410 e. The van der Waals surface area contributed by atoms with Gasteiger partial charge in [0.1, 0.15) is 6.61 Å². The highest BCUT2D eigenvalue weighted by Gasteiger charge is 2.23. The average Bonchev–Trinajstić information content (AvgIpc) is 2.73. The Hall–Kier alpha value is -1.55. The highest BCUT2D eigenvalue weighted by atomic mass is 16.6. The number of allylic oxidation sites excluding steroid dienone is 4. The number of ether oxygens (including phenoxy) is 1. The standard InChI is InChI=1S/C15H21NO3/c17-11-13-7-9-16(10-8-13)15(18)19-12-14-5-3-1-2-4-6-14/h1-3,5-6,13,17H,4,7-12H2. The summed E-state index contributed by atoms with van der Waals surface area (Å²) in [5.41, 5.74) is 1.03. The number of aliphatic hydroxyl groups excluding tert-OH is 1. The lowest BCUT2D eigenvalue weighted by Crippen LogP contribution is -2.39. The fraction of sp³-hybridized carbons (Fsp3) is 0.533. The van der Waals surface area contributed by atoms with E-state index in [4.69, 9.17) is 9.84 Å². The second-order valence-corrected chi connectivity index (χ2v) is 4.97. The van der Waals surface area contributed by atoms with Crippen molar-refractivity contribution in [3.05, 3.63) is 36.0 Å². The highest BCUT2D eigenvalue weighted by molar-refractivity contribution is 5.68. The van der Waals surface area contributed by atoms with Gasteiger partial charge in [0.05, 0.1) is 0 Å². The van der Waals surface area contributed by atoms with Gasteiger partial charge >= 0.3 is 6.09 Å². The molecule has 0 aromatic rings. The van der Waals surface area contributed by atoms with Gasteiger partial charge in [0.25, 0.3) is 0 Å². The Kier molecular flexibility index (Phi) is 5.21. The SMILES string of the molecule is O=C(OCC1=CCC=CC=C1)N1CCC(CO)CC1. The zero-order chi connectivity index (χ0) is 13.5. The Morgan fingerprint density at radius 3 is 2.89 bits per heavy atom. The number of rotatable bonds is 3. The maximum Gasteiger partial charge on any atom is 0.410 e. The maximum absolute atomic E-state index is 11.9. The molecule has 0 aromatic carbocycles. The monoisotopic (exact) mass is 263 g/mol.